The van der Waals surface area contributed by atoms with Crippen molar-refractivity contribution >= 4 is 28.5 Å². The number of aromatic nitrogens is 1. The van der Waals surface area contributed by atoms with Gasteiger partial charge in [0.05, 0.1) is 24.7 Å². The van der Waals surface area contributed by atoms with Crippen LogP contribution in [0.2, 0.25) is 0 Å². The van der Waals surface area contributed by atoms with Gasteiger partial charge in [0.15, 0.2) is 6.10 Å². The number of carbonyl (C=O) groups excluding carboxylic acids is 1. The first-order chi connectivity index (χ1) is 16.0. The largest absolute Gasteiger partial charge is 0.496 e. The lowest BCUT2D eigenvalue weighted by atomic mass is 10.1. The van der Waals surface area contributed by atoms with Gasteiger partial charge in [-0.25, -0.2) is 4.79 Å². The first kappa shape index (κ1) is 22.1. The van der Waals surface area contributed by atoms with Crippen LogP contribution in [0.5, 0.6) is 5.75 Å². The molecule has 0 aliphatic rings. The van der Waals surface area contributed by atoms with E-state index in [-0.39, 0.29) is 11.5 Å². The van der Waals surface area contributed by atoms with Crippen LogP contribution >= 0.6 is 0 Å². The smallest absolute Gasteiger partial charge is 0.335 e. The van der Waals surface area contributed by atoms with Crippen molar-refractivity contribution in [2.24, 2.45) is 0 Å². The molecule has 4 rings (SSSR count). The van der Waals surface area contributed by atoms with Gasteiger partial charge in [0, 0.05) is 24.6 Å². The lowest BCUT2D eigenvalue weighted by molar-refractivity contribution is -0.126. The van der Waals surface area contributed by atoms with Gasteiger partial charge in [-0.3, -0.25) is 4.79 Å². The zero-order valence-electron chi connectivity index (χ0n) is 18.3. The molecule has 7 heteroatoms. The van der Waals surface area contributed by atoms with Crippen molar-refractivity contribution in [3.63, 3.8) is 0 Å². The summed E-state index contributed by atoms with van der Waals surface area (Å²) >= 11 is 0. The number of hydrogen-bond acceptors (Lipinski definition) is 4. The van der Waals surface area contributed by atoms with Gasteiger partial charge in [-0.15, -0.1) is 0 Å². The van der Waals surface area contributed by atoms with E-state index in [1.807, 2.05) is 65.4 Å². The molecule has 7 nitrogen and oxygen atoms in total. The molecule has 1 unspecified atom stereocenters. The quantitative estimate of drug-likeness (QED) is 0.410. The monoisotopic (exact) mass is 444 g/mol. The van der Waals surface area contributed by atoms with Gasteiger partial charge in [0.1, 0.15) is 5.75 Å². The van der Waals surface area contributed by atoms with Gasteiger partial charge in [0.2, 0.25) is 0 Å². The molecule has 33 heavy (non-hydrogen) atoms. The van der Waals surface area contributed by atoms with Gasteiger partial charge >= 0.3 is 5.97 Å². The van der Waals surface area contributed by atoms with Gasteiger partial charge < -0.3 is 24.5 Å². The van der Waals surface area contributed by atoms with E-state index in [0.717, 1.165) is 22.0 Å². The second kappa shape index (κ2) is 9.58. The molecular weight excluding hydrogens is 420 g/mol. The molecular formula is C26H24N2O5. The molecule has 1 amide bonds. The molecule has 168 valence electrons. The van der Waals surface area contributed by atoms with Crippen LogP contribution in [0.3, 0.4) is 0 Å². The Bertz CT molecular complexity index is 1300. The van der Waals surface area contributed by atoms with Crippen molar-refractivity contribution in [1.82, 2.24) is 4.57 Å². The Morgan fingerprint density at radius 1 is 1.00 bits per heavy atom. The fourth-order valence-corrected chi connectivity index (χ4v) is 3.82. The number of anilines is 1. The maximum Gasteiger partial charge on any atom is 0.335 e. The highest BCUT2D eigenvalue weighted by Gasteiger charge is 2.20. The molecule has 1 heterocycles. The molecule has 0 saturated heterocycles. The van der Waals surface area contributed by atoms with Crippen LogP contribution in [0.4, 0.5) is 5.69 Å². The summed E-state index contributed by atoms with van der Waals surface area (Å²) in [6.45, 7) is 0.481. The standard InChI is InChI=1S/C26H24N2O5/c1-32-23-14-19(26(30)31)8-9-20(23)16-28-13-12-17-10-11-21(15-22(17)28)27-25(29)24(33-2)18-6-4-3-5-7-18/h3-15,24H,16H2,1-2H3,(H,27,29)(H,30,31). The summed E-state index contributed by atoms with van der Waals surface area (Å²) in [7, 11) is 3.03. The van der Waals surface area contributed by atoms with Crippen LogP contribution in [0.15, 0.2) is 79.0 Å². The number of nitrogens with one attached hydrogen (secondary N) is 1. The fraction of sp³-hybridized carbons (Fsp3) is 0.154. The predicted octanol–water partition coefficient (Wildman–Crippen LogP) is 4.72. The molecule has 0 saturated carbocycles. The number of methoxy groups -OCH3 is 2. The van der Waals surface area contributed by atoms with Crippen LogP contribution in [-0.4, -0.2) is 35.8 Å². The highest BCUT2D eigenvalue weighted by atomic mass is 16.5. The zero-order chi connectivity index (χ0) is 23.4. The van der Waals surface area contributed by atoms with Crippen LogP contribution < -0.4 is 10.1 Å². The predicted molar refractivity (Wildman–Crippen MR) is 126 cm³/mol. The minimum Gasteiger partial charge on any atom is -0.496 e. The van der Waals surface area contributed by atoms with E-state index in [2.05, 4.69) is 5.32 Å². The molecule has 0 fully saturated rings. The number of aromatic carboxylic acids is 1. The number of fused-ring (bicyclic) bond motifs is 1. The van der Waals surface area contributed by atoms with Crippen LogP contribution in [0.1, 0.15) is 27.6 Å². The Morgan fingerprint density at radius 2 is 1.79 bits per heavy atom. The fourth-order valence-electron chi connectivity index (χ4n) is 3.82. The van der Waals surface area contributed by atoms with Gasteiger partial charge in [-0.1, -0.05) is 42.5 Å². The van der Waals surface area contributed by atoms with Crippen molar-refractivity contribution in [1.29, 1.82) is 0 Å². The number of rotatable bonds is 8. The SMILES string of the molecule is COc1cc(C(=O)O)ccc1Cn1ccc2ccc(NC(=O)C(OC)c3ccccc3)cc21. The van der Waals surface area contributed by atoms with Crippen LogP contribution in [0, 0.1) is 0 Å². The second-order valence-electron chi connectivity index (χ2n) is 7.56. The minimum absolute atomic E-state index is 0.170. The maximum absolute atomic E-state index is 12.9. The minimum atomic E-state index is -1.00. The van der Waals surface area contributed by atoms with E-state index in [0.29, 0.717) is 18.0 Å². The first-order valence-electron chi connectivity index (χ1n) is 10.4. The number of ether oxygens (including phenoxy) is 2. The number of carboxylic acid groups (broad SMARTS) is 1. The molecule has 0 aliphatic carbocycles. The summed E-state index contributed by atoms with van der Waals surface area (Å²) < 4.78 is 12.9. The maximum atomic E-state index is 12.9. The van der Waals surface area contributed by atoms with Crippen LogP contribution in [0.25, 0.3) is 10.9 Å². The number of hydrogen-bond donors (Lipinski definition) is 2. The molecule has 1 aromatic heterocycles. The van der Waals surface area contributed by atoms with E-state index in [9.17, 15) is 14.7 Å². The van der Waals surface area contributed by atoms with Gasteiger partial charge in [-0.2, -0.15) is 0 Å². The third-order valence-electron chi connectivity index (χ3n) is 5.49. The van der Waals surface area contributed by atoms with E-state index in [1.54, 1.807) is 12.1 Å². The van der Waals surface area contributed by atoms with E-state index >= 15 is 0 Å². The van der Waals surface area contributed by atoms with Gasteiger partial charge in [0.25, 0.3) is 5.91 Å². The summed E-state index contributed by atoms with van der Waals surface area (Å²) in [5, 5.41) is 13.2. The van der Waals surface area contributed by atoms with E-state index < -0.39 is 12.1 Å². The number of amides is 1. The molecule has 4 aromatic rings. The molecule has 0 radical (unpaired) electrons. The lowest BCUT2D eigenvalue weighted by Crippen LogP contribution is -2.22. The zero-order valence-corrected chi connectivity index (χ0v) is 18.3. The van der Waals surface area contributed by atoms with E-state index in [4.69, 9.17) is 9.47 Å². The summed E-state index contributed by atoms with van der Waals surface area (Å²) in [6.07, 6.45) is 1.23. The summed E-state index contributed by atoms with van der Waals surface area (Å²) in [5.74, 6) is -0.754. The number of carboxylic acids is 1. The van der Waals surface area contributed by atoms with Crippen molar-refractivity contribution in [2.45, 2.75) is 12.6 Å². The van der Waals surface area contributed by atoms with Crippen molar-refractivity contribution < 1.29 is 24.2 Å². The van der Waals surface area contributed by atoms with Crippen molar-refractivity contribution in [2.75, 3.05) is 19.5 Å². The average molecular weight is 444 g/mol. The highest BCUT2D eigenvalue weighted by molar-refractivity contribution is 5.97. The average Bonchev–Trinajstić information content (AvgIpc) is 3.22. The molecule has 0 aliphatic heterocycles. The normalized spacial score (nSPS) is 11.8. The third-order valence-corrected chi connectivity index (χ3v) is 5.49. The summed E-state index contributed by atoms with van der Waals surface area (Å²) in [4.78, 5) is 24.1. The Balaban J connectivity index is 1.59. The Morgan fingerprint density at radius 3 is 2.48 bits per heavy atom. The van der Waals surface area contributed by atoms with E-state index in [1.165, 1.54) is 20.3 Å². The topological polar surface area (TPSA) is 89.8 Å². The molecule has 0 bridgehead atoms. The number of carbonyl (C=O) groups is 2. The highest BCUT2D eigenvalue weighted by Crippen LogP contribution is 2.26. The van der Waals surface area contributed by atoms with Gasteiger partial charge in [-0.05, 0) is 41.3 Å². The number of benzene rings is 3. The second-order valence-corrected chi connectivity index (χ2v) is 7.56. The van der Waals surface area contributed by atoms with Crippen molar-refractivity contribution in [3.05, 3.63) is 95.7 Å². The molecule has 3 aromatic carbocycles. The third kappa shape index (κ3) is 4.73. The number of nitrogens with zero attached hydrogens (tertiary/aromatic N) is 1. The summed E-state index contributed by atoms with van der Waals surface area (Å²) in [5.41, 5.74) is 3.37. The molecule has 1 atom stereocenters. The lowest BCUT2D eigenvalue weighted by Gasteiger charge is -2.16. The Hall–Kier alpha value is -4.10. The van der Waals surface area contributed by atoms with Crippen LogP contribution in [-0.2, 0) is 16.1 Å². The Labute approximate surface area is 191 Å². The first-order valence-corrected chi connectivity index (χ1v) is 10.4. The molecule has 2 N–H and O–H groups in total. The Kier molecular flexibility index (Phi) is 6.42. The van der Waals surface area contributed by atoms with Crippen molar-refractivity contribution in [3.8, 4) is 5.75 Å². The molecule has 0 spiro atoms. The summed E-state index contributed by atoms with van der Waals surface area (Å²) in [6, 6.07) is 21.8.